The van der Waals surface area contributed by atoms with E-state index < -0.39 is 0 Å². The zero-order valence-corrected chi connectivity index (χ0v) is 13.6. The maximum atomic E-state index is 12.5. The van der Waals surface area contributed by atoms with Gasteiger partial charge in [0, 0.05) is 22.6 Å². The van der Waals surface area contributed by atoms with Gasteiger partial charge >= 0.3 is 5.97 Å². The lowest BCUT2D eigenvalue weighted by molar-refractivity contribution is -0.146. The largest absolute Gasteiger partial charge is 0.469 e. The van der Waals surface area contributed by atoms with E-state index in [9.17, 15) is 9.59 Å². The number of hydrogen-bond donors (Lipinski definition) is 0. The summed E-state index contributed by atoms with van der Waals surface area (Å²) in [5.74, 6) is 0.00732. The Bertz CT molecular complexity index is 579. The van der Waals surface area contributed by atoms with Crippen molar-refractivity contribution in [1.29, 1.82) is 0 Å². The van der Waals surface area contributed by atoms with Crippen LogP contribution in [0.2, 0.25) is 0 Å². The second-order valence-corrected chi connectivity index (χ2v) is 6.68. The predicted molar refractivity (Wildman–Crippen MR) is 81.8 cm³/mol. The van der Waals surface area contributed by atoms with Gasteiger partial charge in [0.1, 0.15) is 0 Å². The Morgan fingerprint density at radius 1 is 1.29 bits per heavy atom. The molecule has 1 aromatic rings. The van der Waals surface area contributed by atoms with Gasteiger partial charge in [-0.1, -0.05) is 15.9 Å². The van der Waals surface area contributed by atoms with Gasteiger partial charge in [-0.15, -0.1) is 0 Å². The standard InChI is InChI=1S/C16H18BrNO3/c1-21-16(20)10-2-5-13(6-3-10)18-9-11-8-12(17)4-7-14(11)15(18)19/h4,7-8,10,13H,2-3,5-6,9H2,1H3. The molecule has 112 valence electrons. The monoisotopic (exact) mass is 351 g/mol. The molecule has 0 atom stereocenters. The molecule has 1 fully saturated rings. The summed E-state index contributed by atoms with van der Waals surface area (Å²) in [5, 5.41) is 0. The number of benzene rings is 1. The minimum atomic E-state index is -0.117. The summed E-state index contributed by atoms with van der Waals surface area (Å²) in [6, 6.07) is 6.06. The Morgan fingerprint density at radius 3 is 2.67 bits per heavy atom. The van der Waals surface area contributed by atoms with Gasteiger partial charge in [0.25, 0.3) is 5.91 Å². The van der Waals surface area contributed by atoms with Gasteiger partial charge in [0.15, 0.2) is 0 Å². The lowest BCUT2D eigenvalue weighted by atomic mass is 9.85. The summed E-state index contributed by atoms with van der Waals surface area (Å²) < 4.78 is 5.82. The molecular formula is C16H18BrNO3. The van der Waals surface area contributed by atoms with Gasteiger partial charge < -0.3 is 9.64 Å². The summed E-state index contributed by atoms with van der Waals surface area (Å²) in [4.78, 5) is 26.0. The molecule has 4 nitrogen and oxygen atoms in total. The summed E-state index contributed by atoms with van der Waals surface area (Å²) in [7, 11) is 1.44. The summed E-state index contributed by atoms with van der Waals surface area (Å²) >= 11 is 3.45. The quantitative estimate of drug-likeness (QED) is 0.769. The third-order valence-corrected chi connectivity index (χ3v) is 5.06. The number of halogens is 1. The number of ether oxygens (including phenoxy) is 1. The van der Waals surface area contributed by atoms with Crippen LogP contribution in [0, 0.1) is 5.92 Å². The van der Waals surface area contributed by atoms with Crippen molar-refractivity contribution in [2.24, 2.45) is 5.92 Å². The summed E-state index contributed by atoms with van der Waals surface area (Å²) in [6.45, 7) is 0.682. The maximum Gasteiger partial charge on any atom is 0.308 e. The number of rotatable bonds is 2. The third-order valence-electron chi connectivity index (χ3n) is 4.57. The molecule has 0 radical (unpaired) electrons. The number of nitrogens with zero attached hydrogens (tertiary/aromatic N) is 1. The Hall–Kier alpha value is -1.36. The fourth-order valence-electron chi connectivity index (χ4n) is 3.40. The topological polar surface area (TPSA) is 46.6 Å². The Morgan fingerprint density at radius 2 is 2.00 bits per heavy atom. The van der Waals surface area contributed by atoms with Crippen LogP contribution < -0.4 is 0 Å². The molecule has 1 aliphatic heterocycles. The van der Waals surface area contributed by atoms with Crippen molar-refractivity contribution in [2.45, 2.75) is 38.3 Å². The van der Waals surface area contributed by atoms with Gasteiger partial charge in [-0.05, 0) is 49.4 Å². The van der Waals surface area contributed by atoms with Gasteiger partial charge in [-0.25, -0.2) is 0 Å². The van der Waals surface area contributed by atoms with Crippen molar-refractivity contribution >= 4 is 27.8 Å². The Balaban J connectivity index is 1.68. The highest BCUT2D eigenvalue weighted by molar-refractivity contribution is 9.10. The van der Waals surface area contributed by atoms with Crippen LogP contribution in [0.4, 0.5) is 0 Å². The molecule has 1 aromatic carbocycles. The molecule has 2 aliphatic rings. The van der Waals surface area contributed by atoms with Gasteiger partial charge in [-0.3, -0.25) is 9.59 Å². The molecule has 0 aromatic heterocycles. The highest BCUT2D eigenvalue weighted by Gasteiger charge is 2.36. The number of methoxy groups -OCH3 is 1. The number of fused-ring (bicyclic) bond motifs is 1. The van der Waals surface area contributed by atoms with E-state index in [2.05, 4.69) is 15.9 Å². The van der Waals surface area contributed by atoms with E-state index in [1.54, 1.807) is 0 Å². The van der Waals surface area contributed by atoms with E-state index >= 15 is 0 Å². The maximum absolute atomic E-state index is 12.5. The van der Waals surface area contributed by atoms with Crippen LogP contribution in [0.15, 0.2) is 22.7 Å². The summed E-state index contributed by atoms with van der Waals surface area (Å²) in [5.41, 5.74) is 1.90. The zero-order valence-electron chi connectivity index (χ0n) is 12.0. The third kappa shape index (κ3) is 2.71. The molecule has 0 N–H and O–H groups in total. The molecule has 0 unspecified atom stereocenters. The molecule has 1 saturated carbocycles. The fraction of sp³-hybridized carbons (Fsp3) is 0.500. The molecular weight excluding hydrogens is 334 g/mol. The van der Waals surface area contributed by atoms with Crippen LogP contribution in [0.25, 0.3) is 0 Å². The minimum absolute atomic E-state index is 0.000440. The zero-order chi connectivity index (χ0) is 15.0. The molecule has 1 heterocycles. The predicted octanol–water partition coefficient (Wildman–Crippen LogP) is 3.14. The lowest BCUT2D eigenvalue weighted by Crippen LogP contribution is -2.39. The van der Waals surface area contributed by atoms with Gasteiger partial charge in [0.2, 0.25) is 0 Å². The molecule has 21 heavy (non-hydrogen) atoms. The number of carbonyl (C=O) groups is 2. The van der Waals surface area contributed by atoms with E-state index in [0.717, 1.165) is 41.3 Å². The number of esters is 1. The van der Waals surface area contributed by atoms with Crippen molar-refractivity contribution in [3.05, 3.63) is 33.8 Å². The van der Waals surface area contributed by atoms with Crippen LogP contribution >= 0.6 is 15.9 Å². The second-order valence-electron chi connectivity index (χ2n) is 5.76. The molecule has 1 aliphatic carbocycles. The van der Waals surface area contributed by atoms with Gasteiger partial charge in [0.05, 0.1) is 13.0 Å². The SMILES string of the molecule is COC(=O)C1CCC(N2Cc3cc(Br)ccc3C2=O)CC1. The first-order valence-electron chi connectivity index (χ1n) is 7.27. The molecule has 1 amide bonds. The van der Waals surface area contributed by atoms with Crippen molar-refractivity contribution < 1.29 is 14.3 Å². The molecule has 5 heteroatoms. The minimum Gasteiger partial charge on any atom is -0.469 e. The van der Waals surface area contributed by atoms with Crippen LogP contribution in [0.5, 0.6) is 0 Å². The van der Waals surface area contributed by atoms with E-state index in [4.69, 9.17) is 4.74 Å². The van der Waals surface area contributed by atoms with Crippen LogP contribution in [-0.2, 0) is 16.1 Å². The Kier molecular flexibility index (Phi) is 4.02. The van der Waals surface area contributed by atoms with Crippen LogP contribution in [0.3, 0.4) is 0 Å². The molecule has 0 bridgehead atoms. The van der Waals surface area contributed by atoms with E-state index in [1.807, 2.05) is 23.1 Å². The van der Waals surface area contributed by atoms with Crippen molar-refractivity contribution in [3.8, 4) is 0 Å². The highest BCUT2D eigenvalue weighted by atomic mass is 79.9. The van der Waals surface area contributed by atoms with Crippen molar-refractivity contribution in [3.63, 3.8) is 0 Å². The first-order valence-corrected chi connectivity index (χ1v) is 8.06. The Labute approximate surface area is 132 Å². The lowest BCUT2D eigenvalue weighted by Gasteiger charge is -2.33. The van der Waals surface area contributed by atoms with E-state index in [0.29, 0.717) is 6.54 Å². The highest BCUT2D eigenvalue weighted by Crippen LogP contribution is 2.34. The first kappa shape index (κ1) is 14.6. The first-order chi connectivity index (χ1) is 10.1. The van der Waals surface area contributed by atoms with Crippen LogP contribution in [0.1, 0.15) is 41.6 Å². The number of carbonyl (C=O) groups excluding carboxylic acids is 2. The normalized spacial score (nSPS) is 24.9. The molecule has 0 saturated heterocycles. The van der Waals surface area contributed by atoms with E-state index in [1.165, 1.54) is 7.11 Å². The molecule has 3 rings (SSSR count). The summed E-state index contributed by atoms with van der Waals surface area (Å²) in [6.07, 6.45) is 3.36. The number of amides is 1. The molecule has 0 spiro atoms. The smallest absolute Gasteiger partial charge is 0.308 e. The van der Waals surface area contributed by atoms with Crippen molar-refractivity contribution in [1.82, 2.24) is 4.90 Å². The van der Waals surface area contributed by atoms with Crippen LogP contribution in [-0.4, -0.2) is 29.9 Å². The average molecular weight is 352 g/mol. The van der Waals surface area contributed by atoms with Gasteiger partial charge in [-0.2, -0.15) is 0 Å². The van der Waals surface area contributed by atoms with E-state index in [-0.39, 0.29) is 23.8 Å². The average Bonchev–Trinajstić information content (AvgIpc) is 2.83. The second kappa shape index (κ2) is 5.79. The number of hydrogen-bond acceptors (Lipinski definition) is 3. The van der Waals surface area contributed by atoms with Crippen molar-refractivity contribution in [2.75, 3.05) is 7.11 Å². The fourth-order valence-corrected chi connectivity index (χ4v) is 3.81.